The second kappa shape index (κ2) is 6.54. The zero-order chi connectivity index (χ0) is 16.4. The summed E-state index contributed by atoms with van der Waals surface area (Å²) >= 11 is 0. The van der Waals surface area contributed by atoms with Crippen molar-refractivity contribution in [3.63, 3.8) is 0 Å². The summed E-state index contributed by atoms with van der Waals surface area (Å²) in [5.41, 5.74) is 0.976. The van der Waals surface area contributed by atoms with Gasteiger partial charge in [-0.15, -0.1) is 10.2 Å². The third-order valence-electron chi connectivity index (χ3n) is 3.96. The van der Waals surface area contributed by atoms with Gasteiger partial charge in [-0.2, -0.15) is 5.10 Å². The van der Waals surface area contributed by atoms with Crippen molar-refractivity contribution in [3.8, 4) is 11.7 Å². The molecular formula is C15H18N6O3. The Kier molecular flexibility index (Phi) is 4.09. The SMILES string of the molecule is Cc1ccoc1-c1nnc(CN2CCO[C@H](Cn3cncn3)C2)o1. The van der Waals surface area contributed by atoms with Gasteiger partial charge in [-0.25, -0.2) is 4.98 Å². The molecule has 4 rings (SSSR count). The molecule has 1 aliphatic heterocycles. The van der Waals surface area contributed by atoms with Crippen molar-refractivity contribution in [1.82, 2.24) is 29.9 Å². The summed E-state index contributed by atoms with van der Waals surface area (Å²) < 4.78 is 18.7. The van der Waals surface area contributed by atoms with Crippen LogP contribution in [0.2, 0.25) is 0 Å². The highest BCUT2D eigenvalue weighted by Gasteiger charge is 2.23. The molecule has 3 aromatic heterocycles. The van der Waals surface area contributed by atoms with E-state index in [4.69, 9.17) is 13.6 Å². The monoisotopic (exact) mass is 330 g/mol. The smallest absolute Gasteiger partial charge is 0.283 e. The Morgan fingerprint density at radius 1 is 1.33 bits per heavy atom. The van der Waals surface area contributed by atoms with Crippen molar-refractivity contribution < 1.29 is 13.6 Å². The van der Waals surface area contributed by atoms with E-state index in [2.05, 4.69) is 25.2 Å². The molecule has 0 amide bonds. The minimum absolute atomic E-state index is 0.0650. The van der Waals surface area contributed by atoms with Gasteiger partial charge in [0, 0.05) is 18.7 Å². The predicted molar refractivity (Wildman–Crippen MR) is 81.8 cm³/mol. The molecule has 9 heteroatoms. The highest BCUT2D eigenvalue weighted by Crippen LogP contribution is 2.23. The third kappa shape index (κ3) is 3.22. The van der Waals surface area contributed by atoms with Crippen molar-refractivity contribution in [3.05, 3.63) is 36.4 Å². The van der Waals surface area contributed by atoms with Gasteiger partial charge in [0.1, 0.15) is 12.7 Å². The second-order valence-electron chi connectivity index (χ2n) is 5.78. The minimum Gasteiger partial charge on any atom is -0.459 e. The standard InChI is InChI=1S/C15H18N6O3/c1-11-2-4-23-14(11)15-19-18-13(24-15)8-20-3-5-22-12(6-20)7-21-10-16-9-17-21/h2,4,9-10,12H,3,5-8H2,1H3/t12-/m0/s1. The number of hydrogen-bond donors (Lipinski definition) is 0. The molecule has 1 saturated heterocycles. The first kappa shape index (κ1) is 15.0. The summed E-state index contributed by atoms with van der Waals surface area (Å²) in [6.45, 7) is 5.47. The maximum atomic E-state index is 5.79. The fourth-order valence-electron chi connectivity index (χ4n) is 2.76. The number of morpholine rings is 1. The number of nitrogens with zero attached hydrogens (tertiary/aromatic N) is 6. The molecule has 1 fully saturated rings. The summed E-state index contributed by atoms with van der Waals surface area (Å²) in [6, 6.07) is 1.87. The first-order chi connectivity index (χ1) is 11.8. The third-order valence-corrected chi connectivity index (χ3v) is 3.96. The van der Waals surface area contributed by atoms with Crippen LogP contribution in [0.25, 0.3) is 11.7 Å². The van der Waals surface area contributed by atoms with Gasteiger partial charge in [0.25, 0.3) is 5.89 Å². The summed E-state index contributed by atoms with van der Waals surface area (Å²) in [6.07, 6.45) is 4.90. The normalized spacial score (nSPS) is 19.0. The molecule has 126 valence electrons. The molecule has 9 nitrogen and oxygen atoms in total. The minimum atomic E-state index is 0.0650. The van der Waals surface area contributed by atoms with E-state index < -0.39 is 0 Å². The van der Waals surface area contributed by atoms with Crippen LogP contribution in [0.5, 0.6) is 0 Å². The van der Waals surface area contributed by atoms with Crippen molar-refractivity contribution >= 4 is 0 Å². The first-order valence-corrected chi connectivity index (χ1v) is 7.81. The maximum Gasteiger partial charge on any atom is 0.283 e. The van der Waals surface area contributed by atoms with E-state index in [1.54, 1.807) is 17.3 Å². The Hall–Kier alpha value is -2.52. The molecule has 0 spiro atoms. The van der Waals surface area contributed by atoms with Gasteiger partial charge in [0.15, 0.2) is 5.76 Å². The molecule has 24 heavy (non-hydrogen) atoms. The van der Waals surface area contributed by atoms with E-state index in [0.717, 1.165) is 18.7 Å². The molecule has 0 bridgehead atoms. The van der Waals surface area contributed by atoms with E-state index in [0.29, 0.717) is 37.2 Å². The van der Waals surface area contributed by atoms with Crippen LogP contribution < -0.4 is 0 Å². The van der Waals surface area contributed by atoms with Crippen LogP contribution in [-0.2, 0) is 17.8 Å². The topological polar surface area (TPSA) is 95.2 Å². The van der Waals surface area contributed by atoms with Crippen LogP contribution in [0, 0.1) is 6.92 Å². The molecular weight excluding hydrogens is 312 g/mol. The zero-order valence-electron chi connectivity index (χ0n) is 13.3. The van der Waals surface area contributed by atoms with Gasteiger partial charge < -0.3 is 13.6 Å². The molecule has 1 aliphatic rings. The Labute approximate surface area is 138 Å². The van der Waals surface area contributed by atoms with Gasteiger partial charge in [-0.1, -0.05) is 0 Å². The molecule has 0 unspecified atom stereocenters. The van der Waals surface area contributed by atoms with Gasteiger partial charge >= 0.3 is 0 Å². The van der Waals surface area contributed by atoms with E-state index in [9.17, 15) is 0 Å². The molecule has 0 radical (unpaired) electrons. The number of hydrogen-bond acceptors (Lipinski definition) is 8. The fraction of sp³-hybridized carbons (Fsp3) is 0.467. The largest absolute Gasteiger partial charge is 0.459 e. The Morgan fingerprint density at radius 3 is 3.08 bits per heavy atom. The fourth-order valence-corrected chi connectivity index (χ4v) is 2.76. The lowest BCUT2D eigenvalue weighted by Crippen LogP contribution is -2.43. The van der Waals surface area contributed by atoms with Crippen LogP contribution in [0.1, 0.15) is 11.5 Å². The van der Waals surface area contributed by atoms with E-state index in [1.807, 2.05) is 13.0 Å². The van der Waals surface area contributed by atoms with Crippen LogP contribution in [0.3, 0.4) is 0 Å². The average Bonchev–Trinajstić information content (AvgIpc) is 3.30. The maximum absolute atomic E-state index is 5.79. The second-order valence-corrected chi connectivity index (χ2v) is 5.78. The Balaban J connectivity index is 1.38. The van der Waals surface area contributed by atoms with Gasteiger partial charge in [-0.05, 0) is 13.0 Å². The zero-order valence-corrected chi connectivity index (χ0v) is 13.3. The quantitative estimate of drug-likeness (QED) is 0.687. The molecule has 0 aliphatic carbocycles. The molecule has 0 aromatic carbocycles. The van der Waals surface area contributed by atoms with Crippen LogP contribution in [0.15, 0.2) is 33.8 Å². The van der Waals surface area contributed by atoms with Crippen molar-refractivity contribution in [2.45, 2.75) is 26.1 Å². The number of aryl methyl sites for hydroxylation is 1. The van der Waals surface area contributed by atoms with Gasteiger partial charge in [0.2, 0.25) is 5.89 Å². The van der Waals surface area contributed by atoms with E-state index >= 15 is 0 Å². The predicted octanol–water partition coefficient (Wildman–Crippen LogP) is 1.13. The summed E-state index contributed by atoms with van der Waals surface area (Å²) in [5.74, 6) is 1.61. The lowest BCUT2D eigenvalue weighted by Gasteiger charge is -2.31. The molecule has 3 aromatic rings. The van der Waals surface area contributed by atoms with Crippen molar-refractivity contribution in [2.75, 3.05) is 19.7 Å². The van der Waals surface area contributed by atoms with E-state index in [1.165, 1.54) is 6.33 Å². The summed E-state index contributed by atoms with van der Waals surface area (Å²) in [4.78, 5) is 6.18. The summed E-state index contributed by atoms with van der Waals surface area (Å²) in [5, 5.41) is 12.3. The van der Waals surface area contributed by atoms with Crippen molar-refractivity contribution in [2.24, 2.45) is 0 Å². The molecule has 0 N–H and O–H groups in total. The molecule has 0 saturated carbocycles. The highest BCUT2D eigenvalue weighted by molar-refractivity contribution is 5.49. The lowest BCUT2D eigenvalue weighted by atomic mass is 10.2. The number of furan rings is 1. The highest BCUT2D eigenvalue weighted by atomic mass is 16.5. The average molecular weight is 330 g/mol. The van der Waals surface area contributed by atoms with Gasteiger partial charge in [0.05, 0.1) is 32.1 Å². The summed E-state index contributed by atoms with van der Waals surface area (Å²) in [7, 11) is 0. The van der Waals surface area contributed by atoms with Crippen LogP contribution in [0.4, 0.5) is 0 Å². The molecule has 4 heterocycles. The Bertz CT molecular complexity index is 781. The lowest BCUT2D eigenvalue weighted by molar-refractivity contribution is -0.0422. The number of ether oxygens (including phenoxy) is 1. The first-order valence-electron chi connectivity index (χ1n) is 7.81. The van der Waals surface area contributed by atoms with Crippen molar-refractivity contribution in [1.29, 1.82) is 0 Å². The van der Waals surface area contributed by atoms with E-state index in [-0.39, 0.29) is 6.10 Å². The number of rotatable bonds is 5. The van der Waals surface area contributed by atoms with Gasteiger partial charge in [-0.3, -0.25) is 9.58 Å². The van der Waals surface area contributed by atoms with Crippen LogP contribution >= 0.6 is 0 Å². The molecule has 1 atom stereocenters. The number of aromatic nitrogens is 5. The van der Waals surface area contributed by atoms with Crippen LogP contribution in [-0.4, -0.2) is 55.7 Å². The Morgan fingerprint density at radius 2 is 2.29 bits per heavy atom.